The van der Waals surface area contributed by atoms with Crippen molar-refractivity contribution in [3.05, 3.63) is 142 Å². The van der Waals surface area contributed by atoms with Gasteiger partial charge in [0.1, 0.15) is 6.61 Å². The molecule has 3 atom stereocenters. The second-order valence-electron chi connectivity index (χ2n) is 9.29. The van der Waals surface area contributed by atoms with Gasteiger partial charge in [-0.25, -0.2) is 0 Å². The monoisotopic (exact) mass is 512 g/mol. The van der Waals surface area contributed by atoms with Crippen LogP contribution in [0.3, 0.4) is 0 Å². The molecule has 4 aromatic carbocycles. The number of nitro groups is 1. The quantitative estimate of drug-likeness (QED) is 0.183. The first kappa shape index (κ1) is 27.0. The lowest BCUT2D eigenvalue weighted by molar-refractivity contribution is -0.386. The van der Waals surface area contributed by atoms with Gasteiger partial charge in [-0.3, -0.25) is 15.0 Å². The second kappa shape index (κ2) is 13.0. The maximum Gasteiger partial charge on any atom is 0.311 e. The van der Waals surface area contributed by atoms with Crippen molar-refractivity contribution in [2.24, 2.45) is 0 Å². The van der Waals surface area contributed by atoms with Gasteiger partial charge in [-0.1, -0.05) is 97.1 Å². The minimum Gasteiger partial charge on any atom is -0.482 e. The van der Waals surface area contributed by atoms with Crippen LogP contribution in [0.2, 0.25) is 0 Å². The van der Waals surface area contributed by atoms with Gasteiger partial charge in [0.05, 0.1) is 17.1 Å². The van der Waals surface area contributed by atoms with Crippen molar-refractivity contribution in [2.75, 3.05) is 6.54 Å². The molecule has 0 bridgehead atoms. The summed E-state index contributed by atoms with van der Waals surface area (Å²) in [5.74, 6) is 0.142. The van der Waals surface area contributed by atoms with Gasteiger partial charge in [0.25, 0.3) is 0 Å². The Morgan fingerprint density at radius 1 is 0.816 bits per heavy atom. The van der Waals surface area contributed by atoms with Gasteiger partial charge < -0.3 is 14.9 Å². The highest BCUT2D eigenvalue weighted by Crippen LogP contribution is 2.32. The standard InChI is InChI=1S/C31H32N2O5/c1-23(31(35)26-15-9-4-10-16-26)32(20-24-11-5-2-6-12-24)21-29(34)27-17-18-30(28(19-27)33(36)37)38-22-25-13-7-3-8-14-25/h2-19,23,29,31,34-35H,20-22H2,1H3/t23?,29-,31?/m0/s1. The molecule has 0 saturated carbocycles. The van der Waals surface area contributed by atoms with E-state index in [2.05, 4.69) is 0 Å². The smallest absolute Gasteiger partial charge is 0.311 e. The average molecular weight is 513 g/mol. The molecule has 0 aromatic heterocycles. The van der Waals surface area contributed by atoms with Crippen molar-refractivity contribution in [3.8, 4) is 5.75 Å². The summed E-state index contributed by atoms with van der Waals surface area (Å²) < 4.78 is 5.73. The van der Waals surface area contributed by atoms with E-state index >= 15 is 0 Å². The van der Waals surface area contributed by atoms with Gasteiger partial charge >= 0.3 is 5.69 Å². The summed E-state index contributed by atoms with van der Waals surface area (Å²) in [4.78, 5) is 13.3. The van der Waals surface area contributed by atoms with Crippen LogP contribution in [0.15, 0.2) is 109 Å². The fraction of sp³-hybridized carbons (Fsp3) is 0.226. The van der Waals surface area contributed by atoms with Crippen molar-refractivity contribution in [3.63, 3.8) is 0 Å². The molecule has 0 aliphatic carbocycles. The van der Waals surface area contributed by atoms with E-state index in [1.54, 1.807) is 6.07 Å². The Kier molecular flexibility index (Phi) is 9.21. The molecular weight excluding hydrogens is 480 g/mol. The molecule has 0 spiro atoms. The van der Waals surface area contributed by atoms with Crippen molar-refractivity contribution in [1.82, 2.24) is 4.90 Å². The number of nitro benzene ring substituents is 1. The van der Waals surface area contributed by atoms with Crippen molar-refractivity contribution < 1.29 is 19.9 Å². The van der Waals surface area contributed by atoms with Crippen LogP contribution >= 0.6 is 0 Å². The van der Waals surface area contributed by atoms with E-state index in [-0.39, 0.29) is 30.6 Å². The molecule has 196 valence electrons. The highest BCUT2D eigenvalue weighted by Gasteiger charge is 2.27. The predicted octanol–water partition coefficient (Wildman–Crippen LogP) is 5.83. The molecular formula is C31H32N2O5. The van der Waals surface area contributed by atoms with Gasteiger partial charge in [-0.2, -0.15) is 0 Å². The molecule has 0 saturated heterocycles. The van der Waals surface area contributed by atoms with E-state index in [0.717, 1.165) is 16.7 Å². The molecule has 7 heteroatoms. The fourth-order valence-electron chi connectivity index (χ4n) is 4.39. The molecule has 4 rings (SSSR count). The zero-order chi connectivity index (χ0) is 26.9. The van der Waals surface area contributed by atoms with E-state index in [9.17, 15) is 20.3 Å². The normalized spacial score (nSPS) is 13.6. The highest BCUT2D eigenvalue weighted by molar-refractivity contribution is 5.49. The van der Waals surface area contributed by atoms with Gasteiger partial charge in [-0.15, -0.1) is 0 Å². The summed E-state index contributed by atoms with van der Waals surface area (Å²) in [5, 5.41) is 34.1. The van der Waals surface area contributed by atoms with Crippen LogP contribution in [0.1, 0.15) is 41.4 Å². The number of nitrogens with zero attached hydrogens (tertiary/aromatic N) is 2. The van der Waals surface area contributed by atoms with Crippen LogP contribution in [-0.4, -0.2) is 32.6 Å². The van der Waals surface area contributed by atoms with Crippen LogP contribution in [-0.2, 0) is 13.2 Å². The molecule has 0 amide bonds. The Balaban J connectivity index is 1.54. The van der Waals surface area contributed by atoms with Gasteiger partial charge in [-0.05, 0) is 35.2 Å². The third kappa shape index (κ3) is 7.04. The summed E-state index contributed by atoms with van der Waals surface area (Å²) in [6.07, 6.45) is -1.80. The van der Waals surface area contributed by atoms with E-state index in [0.29, 0.717) is 12.1 Å². The molecule has 0 fully saturated rings. The molecule has 0 radical (unpaired) electrons. The molecule has 0 aliphatic rings. The first-order chi connectivity index (χ1) is 18.4. The zero-order valence-electron chi connectivity index (χ0n) is 21.3. The molecule has 0 aliphatic heterocycles. The molecule has 2 unspecified atom stereocenters. The fourth-order valence-corrected chi connectivity index (χ4v) is 4.39. The zero-order valence-corrected chi connectivity index (χ0v) is 21.3. The minimum atomic E-state index is -1.02. The van der Waals surface area contributed by atoms with Crippen LogP contribution in [0.5, 0.6) is 5.75 Å². The molecule has 38 heavy (non-hydrogen) atoms. The van der Waals surface area contributed by atoms with Crippen molar-refractivity contribution >= 4 is 5.69 Å². The lowest BCUT2D eigenvalue weighted by Crippen LogP contribution is -2.39. The van der Waals surface area contributed by atoms with Crippen molar-refractivity contribution in [1.29, 1.82) is 0 Å². The third-order valence-corrected chi connectivity index (χ3v) is 6.61. The predicted molar refractivity (Wildman–Crippen MR) is 147 cm³/mol. The summed E-state index contributed by atoms with van der Waals surface area (Å²) in [6, 6.07) is 32.8. The Morgan fingerprint density at radius 3 is 2.00 bits per heavy atom. The molecule has 7 nitrogen and oxygen atoms in total. The van der Waals surface area contributed by atoms with E-state index in [1.165, 1.54) is 12.1 Å². The van der Waals surface area contributed by atoms with E-state index in [1.807, 2.05) is 103 Å². The molecule has 2 N–H and O–H groups in total. The topological polar surface area (TPSA) is 96.1 Å². The summed E-state index contributed by atoms with van der Waals surface area (Å²) in [6.45, 7) is 2.77. The average Bonchev–Trinajstić information content (AvgIpc) is 2.96. The second-order valence-corrected chi connectivity index (χ2v) is 9.29. The molecule has 4 aromatic rings. The number of aliphatic hydroxyl groups excluding tert-OH is 2. The van der Waals surface area contributed by atoms with Crippen molar-refractivity contribution in [2.45, 2.75) is 38.3 Å². The number of hydrogen-bond acceptors (Lipinski definition) is 6. The van der Waals surface area contributed by atoms with Crippen LogP contribution in [0, 0.1) is 10.1 Å². The third-order valence-electron chi connectivity index (χ3n) is 6.61. The summed E-state index contributed by atoms with van der Waals surface area (Å²) >= 11 is 0. The summed E-state index contributed by atoms with van der Waals surface area (Å²) in [7, 11) is 0. The Labute approximate surface area is 222 Å². The largest absolute Gasteiger partial charge is 0.482 e. The lowest BCUT2D eigenvalue weighted by Gasteiger charge is -2.34. The first-order valence-electron chi connectivity index (χ1n) is 12.6. The highest BCUT2D eigenvalue weighted by atomic mass is 16.6. The Morgan fingerprint density at radius 2 is 1.39 bits per heavy atom. The Hall–Kier alpha value is -4.04. The maximum atomic E-state index is 11.8. The Bertz CT molecular complexity index is 1300. The van der Waals surface area contributed by atoms with E-state index in [4.69, 9.17) is 4.74 Å². The number of hydrogen-bond donors (Lipinski definition) is 2. The SMILES string of the molecule is CC(C(O)c1ccccc1)N(Cc1ccccc1)C[C@H](O)c1ccc(OCc2ccccc2)c([N+](=O)[O-])c1. The van der Waals surface area contributed by atoms with E-state index < -0.39 is 17.1 Å². The van der Waals surface area contributed by atoms with Crippen LogP contribution in [0.25, 0.3) is 0 Å². The van der Waals surface area contributed by atoms with Gasteiger partial charge in [0.15, 0.2) is 5.75 Å². The lowest BCUT2D eigenvalue weighted by atomic mass is 10.00. The first-order valence-corrected chi connectivity index (χ1v) is 12.6. The maximum absolute atomic E-state index is 11.8. The molecule has 0 heterocycles. The number of benzene rings is 4. The number of rotatable bonds is 12. The van der Waals surface area contributed by atoms with Gasteiger partial charge in [0, 0.05) is 25.2 Å². The van der Waals surface area contributed by atoms with Gasteiger partial charge in [0.2, 0.25) is 0 Å². The van der Waals surface area contributed by atoms with Crippen LogP contribution < -0.4 is 4.74 Å². The van der Waals surface area contributed by atoms with Crippen LogP contribution in [0.4, 0.5) is 5.69 Å². The summed E-state index contributed by atoms with van der Waals surface area (Å²) in [5.41, 5.74) is 2.91. The number of ether oxygens (including phenoxy) is 1. The minimum absolute atomic E-state index is 0.142. The number of aliphatic hydroxyl groups is 2.